The second kappa shape index (κ2) is 9.41. The Balaban J connectivity index is 1.60. The van der Waals surface area contributed by atoms with Gasteiger partial charge in [-0.15, -0.1) is 0 Å². The van der Waals surface area contributed by atoms with Gasteiger partial charge in [-0.3, -0.25) is 4.79 Å². The molecule has 0 saturated heterocycles. The number of carbonyl (C=O) groups excluding carboxylic acids is 1. The Labute approximate surface area is 185 Å². The van der Waals surface area contributed by atoms with Crippen molar-refractivity contribution in [1.29, 1.82) is 0 Å². The minimum absolute atomic E-state index is 0.309. The smallest absolute Gasteiger partial charge is 0.272 e. The summed E-state index contributed by atoms with van der Waals surface area (Å²) in [6.07, 6.45) is 1.59. The molecule has 4 aromatic rings. The highest BCUT2D eigenvalue weighted by Gasteiger charge is 2.13. The third kappa shape index (κ3) is 4.90. The molecule has 0 unspecified atom stereocenters. The average molecular weight is 430 g/mol. The quantitative estimate of drug-likeness (QED) is 0.315. The van der Waals surface area contributed by atoms with Crippen molar-refractivity contribution in [2.75, 3.05) is 6.61 Å². The molecule has 31 heavy (non-hydrogen) atoms. The Morgan fingerprint density at radius 2 is 1.81 bits per heavy atom. The Bertz CT molecular complexity index is 1240. The standard InChI is InChI=1S/C25H20ClN3O2/c1-2-31-20-13-7-17(8-14-20)16-27-29-25(30)22-15-24(18-9-11-19(26)12-10-18)28-23-6-4-3-5-21(22)23/h3-16H,2H2,1H3,(H,29,30)/b27-16+. The molecule has 6 heteroatoms. The molecule has 154 valence electrons. The van der Waals surface area contributed by atoms with Crippen LogP contribution in [0.5, 0.6) is 5.75 Å². The zero-order valence-electron chi connectivity index (χ0n) is 16.9. The first kappa shape index (κ1) is 20.6. The first-order chi connectivity index (χ1) is 15.1. The van der Waals surface area contributed by atoms with Crippen LogP contribution in [0.3, 0.4) is 0 Å². The SMILES string of the molecule is CCOc1ccc(/C=N/NC(=O)c2cc(-c3ccc(Cl)cc3)nc3ccccc23)cc1. The maximum atomic E-state index is 12.9. The van der Waals surface area contributed by atoms with Crippen LogP contribution >= 0.6 is 11.6 Å². The molecule has 1 N–H and O–H groups in total. The number of amides is 1. The van der Waals surface area contributed by atoms with Crippen LogP contribution in [-0.2, 0) is 0 Å². The second-order valence-electron chi connectivity index (χ2n) is 6.78. The van der Waals surface area contributed by atoms with Gasteiger partial charge in [-0.2, -0.15) is 5.10 Å². The van der Waals surface area contributed by atoms with Crippen LogP contribution in [0, 0.1) is 0 Å². The fourth-order valence-electron chi connectivity index (χ4n) is 3.17. The Morgan fingerprint density at radius 1 is 1.06 bits per heavy atom. The normalized spacial score (nSPS) is 11.0. The van der Waals surface area contributed by atoms with Gasteiger partial charge in [0.15, 0.2) is 0 Å². The van der Waals surface area contributed by atoms with Gasteiger partial charge in [0, 0.05) is 16.0 Å². The fraction of sp³-hybridized carbons (Fsp3) is 0.0800. The van der Waals surface area contributed by atoms with Gasteiger partial charge < -0.3 is 4.74 Å². The molecule has 0 aliphatic heterocycles. The number of nitrogens with zero attached hydrogens (tertiary/aromatic N) is 2. The first-order valence-electron chi connectivity index (χ1n) is 9.86. The molecule has 0 saturated carbocycles. The number of hydrogen-bond acceptors (Lipinski definition) is 4. The van der Waals surface area contributed by atoms with Crippen molar-refractivity contribution in [3.8, 4) is 17.0 Å². The summed E-state index contributed by atoms with van der Waals surface area (Å²) in [7, 11) is 0. The third-order valence-corrected chi connectivity index (χ3v) is 4.92. The maximum absolute atomic E-state index is 12.9. The zero-order chi connectivity index (χ0) is 21.6. The Morgan fingerprint density at radius 3 is 2.55 bits per heavy atom. The molecular formula is C25H20ClN3O2. The molecule has 1 amide bonds. The molecule has 0 radical (unpaired) electrons. The maximum Gasteiger partial charge on any atom is 0.272 e. The summed E-state index contributed by atoms with van der Waals surface area (Å²) >= 11 is 6.00. The van der Waals surface area contributed by atoms with E-state index in [0.717, 1.165) is 27.8 Å². The predicted molar refractivity (Wildman–Crippen MR) is 125 cm³/mol. The lowest BCUT2D eigenvalue weighted by molar-refractivity contribution is 0.0956. The highest BCUT2D eigenvalue weighted by Crippen LogP contribution is 2.26. The van der Waals surface area contributed by atoms with Gasteiger partial charge in [0.2, 0.25) is 0 Å². The van der Waals surface area contributed by atoms with Crippen molar-refractivity contribution in [2.24, 2.45) is 5.10 Å². The monoisotopic (exact) mass is 429 g/mol. The number of aromatic nitrogens is 1. The summed E-state index contributed by atoms with van der Waals surface area (Å²) < 4.78 is 5.43. The minimum Gasteiger partial charge on any atom is -0.494 e. The lowest BCUT2D eigenvalue weighted by Crippen LogP contribution is -2.18. The highest BCUT2D eigenvalue weighted by atomic mass is 35.5. The molecular weight excluding hydrogens is 410 g/mol. The molecule has 5 nitrogen and oxygen atoms in total. The second-order valence-corrected chi connectivity index (χ2v) is 7.22. The molecule has 0 fully saturated rings. The van der Waals surface area contributed by atoms with Gasteiger partial charge in [-0.25, -0.2) is 10.4 Å². The molecule has 3 aromatic carbocycles. The predicted octanol–water partition coefficient (Wildman–Crippen LogP) is 5.72. The number of pyridine rings is 1. The van der Waals surface area contributed by atoms with Crippen LogP contribution in [0.4, 0.5) is 0 Å². The van der Waals surface area contributed by atoms with E-state index in [9.17, 15) is 4.79 Å². The van der Waals surface area contributed by atoms with Crippen molar-refractivity contribution >= 4 is 34.6 Å². The summed E-state index contributed by atoms with van der Waals surface area (Å²) in [5.74, 6) is 0.484. The van der Waals surface area contributed by atoms with Gasteiger partial charge >= 0.3 is 0 Å². The average Bonchev–Trinajstić information content (AvgIpc) is 2.80. The number of nitrogens with one attached hydrogen (secondary N) is 1. The lowest BCUT2D eigenvalue weighted by atomic mass is 10.0. The van der Waals surface area contributed by atoms with E-state index in [1.165, 1.54) is 0 Å². The van der Waals surface area contributed by atoms with E-state index in [0.29, 0.717) is 22.9 Å². The highest BCUT2D eigenvalue weighted by molar-refractivity contribution is 6.30. The summed E-state index contributed by atoms with van der Waals surface area (Å²) in [5, 5.41) is 5.51. The third-order valence-electron chi connectivity index (χ3n) is 4.67. The molecule has 0 bridgehead atoms. The number of para-hydroxylation sites is 1. The van der Waals surface area contributed by atoms with Crippen LogP contribution in [0.15, 0.2) is 84.0 Å². The van der Waals surface area contributed by atoms with Crippen molar-refractivity contribution in [1.82, 2.24) is 10.4 Å². The van der Waals surface area contributed by atoms with Crippen molar-refractivity contribution in [3.05, 3.63) is 95.0 Å². The topological polar surface area (TPSA) is 63.6 Å². The molecule has 0 aliphatic rings. The number of hydrogen-bond donors (Lipinski definition) is 1. The minimum atomic E-state index is -0.309. The van der Waals surface area contributed by atoms with E-state index in [1.54, 1.807) is 24.4 Å². The summed E-state index contributed by atoms with van der Waals surface area (Å²) in [6, 6.07) is 24.1. The van der Waals surface area contributed by atoms with Gasteiger partial charge in [0.1, 0.15) is 5.75 Å². The van der Waals surface area contributed by atoms with Crippen molar-refractivity contribution < 1.29 is 9.53 Å². The number of carbonyl (C=O) groups is 1. The van der Waals surface area contributed by atoms with E-state index in [1.807, 2.05) is 67.6 Å². The lowest BCUT2D eigenvalue weighted by Gasteiger charge is -2.09. The Hall–Kier alpha value is -3.70. The molecule has 1 heterocycles. The molecule has 4 rings (SSSR count). The van der Waals surface area contributed by atoms with Crippen LogP contribution < -0.4 is 10.2 Å². The van der Waals surface area contributed by atoms with E-state index in [4.69, 9.17) is 21.3 Å². The number of hydrazone groups is 1. The van der Waals surface area contributed by atoms with E-state index >= 15 is 0 Å². The zero-order valence-corrected chi connectivity index (χ0v) is 17.6. The van der Waals surface area contributed by atoms with Gasteiger partial charge in [0.05, 0.1) is 29.6 Å². The van der Waals surface area contributed by atoms with Crippen molar-refractivity contribution in [2.45, 2.75) is 6.92 Å². The van der Waals surface area contributed by atoms with Gasteiger partial charge in [-0.1, -0.05) is 41.9 Å². The first-order valence-corrected chi connectivity index (χ1v) is 10.2. The largest absolute Gasteiger partial charge is 0.494 e. The molecule has 1 aromatic heterocycles. The number of benzene rings is 3. The van der Waals surface area contributed by atoms with E-state index in [-0.39, 0.29) is 5.91 Å². The van der Waals surface area contributed by atoms with Crippen LogP contribution in [0.1, 0.15) is 22.8 Å². The Kier molecular flexibility index (Phi) is 6.24. The number of halogens is 1. The van der Waals surface area contributed by atoms with Crippen LogP contribution in [0.25, 0.3) is 22.2 Å². The fourth-order valence-corrected chi connectivity index (χ4v) is 3.30. The number of fused-ring (bicyclic) bond motifs is 1. The number of ether oxygens (including phenoxy) is 1. The molecule has 0 atom stereocenters. The van der Waals surface area contributed by atoms with Crippen molar-refractivity contribution in [3.63, 3.8) is 0 Å². The number of rotatable bonds is 6. The van der Waals surface area contributed by atoms with Crippen LogP contribution in [-0.4, -0.2) is 23.7 Å². The van der Waals surface area contributed by atoms with E-state index < -0.39 is 0 Å². The summed E-state index contributed by atoms with van der Waals surface area (Å²) in [5.41, 5.74) is 6.27. The van der Waals surface area contributed by atoms with Crippen LogP contribution in [0.2, 0.25) is 5.02 Å². The van der Waals surface area contributed by atoms with E-state index in [2.05, 4.69) is 10.5 Å². The van der Waals surface area contributed by atoms with Gasteiger partial charge in [0.25, 0.3) is 5.91 Å². The molecule has 0 aliphatic carbocycles. The van der Waals surface area contributed by atoms with Gasteiger partial charge in [-0.05, 0) is 61.0 Å². The summed E-state index contributed by atoms with van der Waals surface area (Å²) in [6.45, 7) is 2.55. The molecule has 0 spiro atoms. The summed E-state index contributed by atoms with van der Waals surface area (Å²) in [4.78, 5) is 17.6.